The van der Waals surface area contributed by atoms with Crippen LogP contribution in [0.2, 0.25) is 0 Å². The molecular formula is C17H21BrN4O2. The second kappa shape index (κ2) is 8.63. The van der Waals surface area contributed by atoms with Crippen molar-refractivity contribution in [1.82, 2.24) is 15.5 Å². The third kappa shape index (κ3) is 5.81. The normalized spacial score (nSPS) is 10.7. The van der Waals surface area contributed by atoms with E-state index < -0.39 is 0 Å². The third-order valence-corrected chi connectivity index (χ3v) is 3.79. The van der Waals surface area contributed by atoms with E-state index in [1.807, 2.05) is 12.1 Å². The topological polar surface area (TPSA) is 86.9 Å². The van der Waals surface area contributed by atoms with Crippen molar-refractivity contribution in [1.29, 1.82) is 0 Å². The van der Waals surface area contributed by atoms with Crippen molar-refractivity contribution >= 4 is 33.4 Å². The Bertz CT molecular complexity index is 695. The van der Waals surface area contributed by atoms with Crippen LogP contribution in [0.1, 0.15) is 36.5 Å². The Kier molecular flexibility index (Phi) is 6.54. The SMILES string of the molecule is CC(C)Cc1cc(C(=O)NCCC(=O)Nc2ccc(Br)cc2)n[nH]1. The summed E-state index contributed by atoms with van der Waals surface area (Å²) in [4.78, 5) is 23.8. The molecule has 2 amide bonds. The van der Waals surface area contributed by atoms with Crippen LogP contribution in [0.5, 0.6) is 0 Å². The van der Waals surface area contributed by atoms with E-state index in [0.29, 0.717) is 11.6 Å². The van der Waals surface area contributed by atoms with Gasteiger partial charge in [-0.15, -0.1) is 0 Å². The zero-order chi connectivity index (χ0) is 17.5. The lowest BCUT2D eigenvalue weighted by atomic mass is 10.1. The maximum Gasteiger partial charge on any atom is 0.271 e. The predicted octanol–water partition coefficient (Wildman–Crippen LogP) is 3.13. The molecule has 0 radical (unpaired) electrons. The van der Waals surface area contributed by atoms with Crippen molar-refractivity contribution in [2.75, 3.05) is 11.9 Å². The average molecular weight is 393 g/mol. The van der Waals surface area contributed by atoms with E-state index >= 15 is 0 Å². The average Bonchev–Trinajstić information content (AvgIpc) is 2.97. The molecular weight excluding hydrogens is 372 g/mol. The van der Waals surface area contributed by atoms with Gasteiger partial charge in [0.25, 0.3) is 5.91 Å². The number of aromatic nitrogens is 2. The number of aromatic amines is 1. The minimum atomic E-state index is -0.280. The van der Waals surface area contributed by atoms with Gasteiger partial charge in [0.05, 0.1) is 0 Å². The van der Waals surface area contributed by atoms with Crippen LogP contribution in [0.25, 0.3) is 0 Å². The Hall–Kier alpha value is -2.15. The van der Waals surface area contributed by atoms with E-state index in [1.165, 1.54) is 0 Å². The minimum absolute atomic E-state index is 0.153. The Labute approximate surface area is 149 Å². The molecule has 0 atom stereocenters. The molecule has 0 unspecified atom stereocenters. The maximum absolute atomic E-state index is 12.0. The Morgan fingerprint density at radius 2 is 1.96 bits per heavy atom. The smallest absolute Gasteiger partial charge is 0.271 e. The number of nitrogens with one attached hydrogen (secondary N) is 3. The molecule has 0 aliphatic rings. The molecule has 0 spiro atoms. The highest BCUT2D eigenvalue weighted by Gasteiger charge is 2.11. The summed E-state index contributed by atoms with van der Waals surface area (Å²) >= 11 is 3.34. The molecule has 0 saturated carbocycles. The van der Waals surface area contributed by atoms with Crippen LogP contribution in [-0.2, 0) is 11.2 Å². The number of amides is 2. The number of carbonyl (C=O) groups excluding carboxylic acids is 2. The van der Waals surface area contributed by atoms with Crippen LogP contribution >= 0.6 is 15.9 Å². The fourth-order valence-corrected chi connectivity index (χ4v) is 2.42. The number of hydrogen-bond acceptors (Lipinski definition) is 3. The monoisotopic (exact) mass is 392 g/mol. The first kappa shape index (κ1) is 18.2. The minimum Gasteiger partial charge on any atom is -0.350 e. The number of H-pyrrole nitrogens is 1. The van der Waals surface area contributed by atoms with E-state index in [0.717, 1.165) is 22.3 Å². The summed E-state index contributed by atoms with van der Waals surface area (Å²) in [6.45, 7) is 4.46. The van der Waals surface area contributed by atoms with Gasteiger partial charge in [-0.1, -0.05) is 29.8 Å². The highest BCUT2D eigenvalue weighted by atomic mass is 79.9. The van der Waals surface area contributed by atoms with E-state index in [1.54, 1.807) is 18.2 Å². The lowest BCUT2D eigenvalue weighted by Crippen LogP contribution is -2.27. The molecule has 1 aromatic carbocycles. The summed E-state index contributed by atoms with van der Waals surface area (Å²) in [7, 11) is 0. The summed E-state index contributed by atoms with van der Waals surface area (Å²) in [6, 6.07) is 9.06. The van der Waals surface area contributed by atoms with E-state index in [-0.39, 0.29) is 24.8 Å². The molecule has 128 valence electrons. The zero-order valence-electron chi connectivity index (χ0n) is 13.7. The number of hydrogen-bond donors (Lipinski definition) is 3. The molecule has 0 fully saturated rings. The van der Waals surface area contributed by atoms with Gasteiger partial charge < -0.3 is 10.6 Å². The number of nitrogens with zero attached hydrogens (tertiary/aromatic N) is 1. The molecule has 6 nitrogen and oxygen atoms in total. The Morgan fingerprint density at radius 1 is 1.25 bits per heavy atom. The van der Waals surface area contributed by atoms with Gasteiger partial charge >= 0.3 is 0 Å². The van der Waals surface area contributed by atoms with Gasteiger partial charge in [0.15, 0.2) is 0 Å². The van der Waals surface area contributed by atoms with Crippen LogP contribution in [0.15, 0.2) is 34.8 Å². The number of benzene rings is 1. The first-order valence-electron chi connectivity index (χ1n) is 7.82. The van der Waals surface area contributed by atoms with Crippen LogP contribution in [0.4, 0.5) is 5.69 Å². The summed E-state index contributed by atoms with van der Waals surface area (Å²) in [5.41, 5.74) is 2.00. The molecule has 0 aliphatic heterocycles. The maximum atomic E-state index is 12.0. The van der Waals surface area contributed by atoms with Gasteiger partial charge in [0.1, 0.15) is 5.69 Å². The second-order valence-electron chi connectivity index (χ2n) is 5.94. The molecule has 3 N–H and O–H groups in total. The second-order valence-corrected chi connectivity index (χ2v) is 6.85. The molecule has 1 heterocycles. The molecule has 1 aromatic heterocycles. The summed E-state index contributed by atoms with van der Waals surface area (Å²) in [5, 5.41) is 12.3. The lowest BCUT2D eigenvalue weighted by Gasteiger charge is -2.06. The van der Waals surface area contributed by atoms with Gasteiger partial charge in [-0.05, 0) is 42.7 Å². The molecule has 7 heteroatoms. The van der Waals surface area contributed by atoms with Crippen molar-refractivity contribution < 1.29 is 9.59 Å². The molecule has 0 bridgehead atoms. The fourth-order valence-electron chi connectivity index (χ4n) is 2.16. The van der Waals surface area contributed by atoms with Crippen molar-refractivity contribution in [3.8, 4) is 0 Å². The first-order chi connectivity index (χ1) is 11.4. The van der Waals surface area contributed by atoms with Crippen molar-refractivity contribution in [2.45, 2.75) is 26.7 Å². The fraction of sp³-hybridized carbons (Fsp3) is 0.353. The Morgan fingerprint density at radius 3 is 2.62 bits per heavy atom. The summed E-state index contributed by atoms with van der Waals surface area (Å²) in [6.07, 6.45) is 1.04. The van der Waals surface area contributed by atoms with Crippen LogP contribution in [0, 0.1) is 5.92 Å². The van der Waals surface area contributed by atoms with Crippen LogP contribution in [0.3, 0.4) is 0 Å². The van der Waals surface area contributed by atoms with Gasteiger partial charge in [-0.2, -0.15) is 5.10 Å². The molecule has 24 heavy (non-hydrogen) atoms. The van der Waals surface area contributed by atoms with Gasteiger partial charge in [-0.25, -0.2) is 0 Å². The first-order valence-corrected chi connectivity index (χ1v) is 8.61. The van der Waals surface area contributed by atoms with Gasteiger partial charge in [0.2, 0.25) is 5.91 Å². The van der Waals surface area contributed by atoms with Crippen molar-refractivity contribution in [3.05, 3.63) is 46.2 Å². The predicted molar refractivity (Wildman–Crippen MR) is 96.9 cm³/mol. The van der Waals surface area contributed by atoms with Crippen LogP contribution in [-0.4, -0.2) is 28.6 Å². The van der Waals surface area contributed by atoms with E-state index in [4.69, 9.17) is 0 Å². The van der Waals surface area contributed by atoms with Crippen LogP contribution < -0.4 is 10.6 Å². The molecule has 2 rings (SSSR count). The van der Waals surface area contributed by atoms with E-state index in [2.05, 4.69) is 50.6 Å². The molecule has 2 aromatic rings. The third-order valence-electron chi connectivity index (χ3n) is 3.26. The zero-order valence-corrected chi connectivity index (χ0v) is 15.3. The molecule has 0 saturated heterocycles. The standard InChI is InChI=1S/C17H21BrN4O2/c1-11(2)9-14-10-15(22-21-14)17(24)19-8-7-16(23)20-13-5-3-12(18)4-6-13/h3-6,10-11H,7-9H2,1-2H3,(H,19,24)(H,20,23)(H,21,22). The van der Waals surface area contributed by atoms with Crippen molar-refractivity contribution in [3.63, 3.8) is 0 Å². The van der Waals surface area contributed by atoms with Gasteiger partial charge in [-0.3, -0.25) is 14.7 Å². The summed E-state index contributed by atoms with van der Waals surface area (Å²) < 4.78 is 0.948. The highest BCUT2D eigenvalue weighted by molar-refractivity contribution is 9.10. The number of carbonyl (C=O) groups is 2. The molecule has 0 aliphatic carbocycles. The number of halogens is 1. The van der Waals surface area contributed by atoms with Crippen molar-refractivity contribution in [2.24, 2.45) is 5.92 Å². The Balaban J connectivity index is 1.74. The van der Waals surface area contributed by atoms with E-state index in [9.17, 15) is 9.59 Å². The number of anilines is 1. The lowest BCUT2D eigenvalue weighted by molar-refractivity contribution is -0.116. The quantitative estimate of drug-likeness (QED) is 0.676. The summed E-state index contributed by atoms with van der Waals surface area (Å²) in [5.74, 6) is 0.0570. The largest absolute Gasteiger partial charge is 0.350 e. The highest BCUT2D eigenvalue weighted by Crippen LogP contribution is 2.14. The van der Waals surface area contributed by atoms with Gasteiger partial charge in [0, 0.05) is 28.8 Å². The number of rotatable bonds is 7.